The molecule has 92 valence electrons. The average Bonchev–Trinajstić information content (AvgIpc) is 2.33. The van der Waals surface area contributed by atoms with Crippen LogP contribution in [0.15, 0.2) is 40.9 Å². The topological polar surface area (TPSA) is 17.1 Å². The zero-order valence-corrected chi connectivity index (χ0v) is 12.3. The first-order valence-corrected chi connectivity index (χ1v) is 6.67. The van der Waals surface area contributed by atoms with Gasteiger partial charge in [-0.1, -0.05) is 34.1 Å². The molecule has 0 N–H and O–H groups in total. The molecule has 0 aromatic heterocycles. The van der Waals surface area contributed by atoms with E-state index in [0.717, 1.165) is 21.2 Å². The molecule has 2 heteroatoms. The minimum Gasteiger partial charge on any atom is -0.289 e. The summed E-state index contributed by atoms with van der Waals surface area (Å²) in [7, 11) is 0. The quantitative estimate of drug-likeness (QED) is 0.741. The van der Waals surface area contributed by atoms with Crippen LogP contribution in [0.2, 0.25) is 0 Å². The maximum absolute atomic E-state index is 12.5. The second-order valence-electron chi connectivity index (χ2n) is 4.56. The van der Waals surface area contributed by atoms with Crippen LogP contribution in [-0.4, -0.2) is 5.78 Å². The number of rotatable bonds is 2. The molecule has 0 aliphatic heterocycles. The van der Waals surface area contributed by atoms with Gasteiger partial charge in [0.2, 0.25) is 0 Å². The number of benzene rings is 2. The molecule has 0 spiro atoms. The number of hydrogen-bond acceptors (Lipinski definition) is 1. The van der Waals surface area contributed by atoms with Crippen LogP contribution in [-0.2, 0) is 0 Å². The van der Waals surface area contributed by atoms with Gasteiger partial charge in [-0.15, -0.1) is 0 Å². The molecule has 0 bridgehead atoms. The SMILES string of the molecule is Cc1cc(C)c(C(=O)c2ccccc2Br)cc1C. The lowest BCUT2D eigenvalue weighted by Gasteiger charge is -2.10. The van der Waals surface area contributed by atoms with Gasteiger partial charge < -0.3 is 0 Å². The molecular weight excluding hydrogens is 288 g/mol. The predicted octanol–water partition coefficient (Wildman–Crippen LogP) is 4.61. The smallest absolute Gasteiger partial charge is 0.194 e. The van der Waals surface area contributed by atoms with Gasteiger partial charge in [0.25, 0.3) is 0 Å². The van der Waals surface area contributed by atoms with Crippen LogP contribution in [0.25, 0.3) is 0 Å². The van der Waals surface area contributed by atoms with E-state index in [1.165, 1.54) is 5.56 Å². The standard InChI is InChI=1S/C16H15BrO/c1-10-8-12(3)14(9-11(10)2)16(18)13-6-4-5-7-15(13)17/h4-9H,1-3H3. The van der Waals surface area contributed by atoms with Crippen LogP contribution in [0.5, 0.6) is 0 Å². The summed E-state index contributed by atoms with van der Waals surface area (Å²) >= 11 is 3.43. The van der Waals surface area contributed by atoms with E-state index in [1.54, 1.807) is 0 Å². The van der Waals surface area contributed by atoms with Crippen molar-refractivity contribution in [2.24, 2.45) is 0 Å². The molecule has 0 fully saturated rings. The van der Waals surface area contributed by atoms with Crippen molar-refractivity contribution in [1.82, 2.24) is 0 Å². The van der Waals surface area contributed by atoms with E-state index in [9.17, 15) is 4.79 Å². The van der Waals surface area contributed by atoms with Crippen LogP contribution in [0.4, 0.5) is 0 Å². The van der Waals surface area contributed by atoms with E-state index in [1.807, 2.05) is 44.2 Å². The molecule has 2 rings (SSSR count). The second kappa shape index (κ2) is 5.07. The lowest BCUT2D eigenvalue weighted by Crippen LogP contribution is -2.05. The highest BCUT2D eigenvalue weighted by Gasteiger charge is 2.15. The van der Waals surface area contributed by atoms with E-state index in [4.69, 9.17) is 0 Å². The van der Waals surface area contributed by atoms with Crippen molar-refractivity contribution in [2.75, 3.05) is 0 Å². The van der Waals surface area contributed by atoms with Crippen molar-refractivity contribution in [3.63, 3.8) is 0 Å². The zero-order valence-electron chi connectivity index (χ0n) is 10.8. The lowest BCUT2D eigenvalue weighted by atomic mass is 9.95. The Labute approximate surface area is 116 Å². The lowest BCUT2D eigenvalue weighted by molar-refractivity contribution is 0.103. The van der Waals surface area contributed by atoms with Crippen molar-refractivity contribution in [1.29, 1.82) is 0 Å². The second-order valence-corrected chi connectivity index (χ2v) is 5.41. The van der Waals surface area contributed by atoms with Gasteiger partial charge in [-0.3, -0.25) is 4.79 Å². The maximum Gasteiger partial charge on any atom is 0.194 e. The number of carbonyl (C=O) groups excluding carboxylic acids is 1. The molecule has 18 heavy (non-hydrogen) atoms. The zero-order chi connectivity index (χ0) is 13.3. The largest absolute Gasteiger partial charge is 0.289 e. The van der Waals surface area contributed by atoms with E-state index in [0.29, 0.717) is 5.56 Å². The molecule has 0 radical (unpaired) electrons. The van der Waals surface area contributed by atoms with Gasteiger partial charge in [0, 0.05) is 15.6 Å². The number of carbonyl (C=O) groups is 1. The molecule has 0 unspecified atom stereocenters. The Bertz CT molecular complexity index is 614. The van der Waals surface area contributed by atoms with Gasteiger partial charge in [-0.05, 0) is 55.7 Å². The van der Waals surface area contributed by atoms with Crippen molar-refractivity contribution in [2.45, 2.75) is 20.8 Å². The third kappa shape index (κ3) is 2.39. The Balaban J connectivity index is 2.53. The van der Waals surface area contributed by atoms with Crippen LogP contribution in [0.1, 0.15) is 32.6 Å². The number of ketones is 1. The normalized spacial score (nSPS) is 10.4. The average molecular weight is 303 g/mol. The molecule has 0 aliphatic carbocycles. The van der Waals surface area contributed by atoms with Crippen molar-refractivity contribution < 1.29 is 4.79 Å². The highest BCUT2D eigenvalue weighted by atomic mass is 79.9. The fourth-order valence-corrected chi connectivity index (χ4v) is 2.46. The fraction of sp³-hybridized carbons (Fsp3) is 0.188. The first-order valence-electron chi connectivity index (χ1n) is 5.88. The summed E-state index contributed by atoms with van der Waals surface area (Å²) in [6, 6.07) is 11.6. The summed E-state index contributed by atoms with van der Waals surface area (Å²) < 4.78 is 0.840. The Hall–Kier alpha value is -1.41. The monoisotopic (exact) mass is 302 g/mol. The summed E-state index contributed by atoms with van der Waals surface area (Å²) in [5, 5.41) is 0. The summed E-state index contributed by atoms with van der Waals surface area (Å²) in [5.74, 6) is 0.0723. The van der Waals surface area contributed by atoms with Crippen molar-refractivity contribution in [3.05, 3.63) is 68.7 Å². The first kappa shape index (κ1) is 13.0. The van der Waals surface area contributed by atoms with Crippen LogP contribution < -0.4 is 0 Å². The van der Waals surface area contributed by atoms with Gasteiger partial charge in [-0.25, -0.2) is 0 Å². The third-order valence-corrected chi connectivity index (χ3v) is 3.90. The molecule has 1 nitrogen and oxygen atoms in total. The molecule has 2 aromatic carbocycles. The summed E-state index contributed by atoms with van der Waals surface area (Å²) in [4.78, 5) is 12.5. The molecule has 0 saturated carbocycles. The Morgan fingerprint density at radius 1 is 0.889 bits per heavy atom. The van der Waals surface area contributed by atoms with Crippen LogP contribution in [0, 0.1) is 20.8 Å². The van der Waals surface area contributed by atoms with Crippen LogP contribution >= 0.6 is 15.9 Å². The number of halogens is 1. The van der Waals surface area contributed by atoms with E-state index in [2.05, 4.69) is 28.9 Å². The molecular formula is C16H15BrO. The minimum absolute atomic E-state index is 0.0723. The summed E-state index contributed by atoms with van der Waals surface area (Å²) in [6.07, 6.45) is 0. The van der Waals surface area contributed by atoms with Gasteiger partial charge in [0.05, 0.1) is 0 Å². The Kier molecular flexibility index (Phi) is 3.67. The summed E-state index contributed by atoms with van der Waals surface area (Å²) in [6.45, 7) is 6.08. The highest BCUT2D eigenvalue weighted by Crippen LogP contribution is 2.23. The Morgan fingerprint density at radius 3 is 2.17 bits per heavy atom. The van der Waals surface area contributed by atoms with Gasteiger partial charge in [0.1, 0.15) is 0 Å². The first-order chi connectivity index (χ1) is 8.50. The van der Waals surface area contributed by atoms with Gasteiger partial charge in [-0.2, -0.15) is 0 Å². The maximum atomic E-state index is 12.5. The summed E-state index contributed by atoms with van der Waals surface area (Å²) in [5.41, 5.74) is 4.89. The van der Waals surface area contributed by atoms with Crippen molar-refractivity contribution >= 4 is 21.7 Å². The molecule has 0 aliphatic rings. The minimum atomic E-state index is 0.0723. The van der Waals surface area contributed by atoms with Gasteiger partial charge in [0.15, 0.2) is 5.78 Å². The third-order valence-electron chi connectivity index (χ3n) is 3.20. The predicted molar refractivity (Wildman–Crippen MR) is 78.2 cm³/mol. The van der Waals surface area contributed by atoms with E-state index >= 15 is 0 Å². The van der Waals surface area contributed by atoms with Gasteiger partial charge >= 0.3 is 0 Å². The molecule has 2 aromatic rings. The van der Waals surface area contributed by atoms with E-state index < -0.39 is 0 Å². The fourth-order valence-electron chi connectivity index (χ4n) is 2.00. The van der Waals surface area contributed by atoms with Crippen LogP contribution in [0.3, 0.4) is 0 Å². The molecule has 0 amide bonds. The van der Waals surface area contributed by atoms with Crippen molar-refractivity contribution in [3.8, 4) is 0 Å². The molecule has 0 atom stereocenters. The van der Waals surface area contributed by atoms with E-state index in [-0.39, 0.29) is 5.78 Å². The highest BCUT2D eigenvalue weighted by molar-refractivity contribution is 9.10. The molecule has 0 heterocycles. The molecule has 0 saturated heterocycles. The number of hydrogen-bond donors (Lipinski definition) is 0. The number of aryl methyl sites for hydroxylation is 3. The Morgan fingerprint density at radius 2 is 1.50 bits per heavy atom.